The zero-order valence-corrected chi connectivity index (χ0v) is 26.8. The van der Waals surface area contributed by atoms with Gasteiger partial charge in [0.2, 0.25) is 0 Å². The average Bonchev–Trinajstić information content (AvgIpc) is 3.76. The van der Waals surface area contributed by atoms with E-state index in [1.807, 2.05) is 5.94 Å². The molecule has 1 saturated carbocycles. The third-order valence-corrected chi connectivity index (χ3v) is 9.29. The number of carbonyl (C=O) groups excluding carboxylic acids is 2. The van der Waals surface area contributed by atoms with Crippen molar-refractivity contribution in [1.82, 2.24) is 9.88 Å². The van der Waals surface area contributed by atoms with Crippen molar-refractivity contribution in [1.29, 1.82) is 0 Å². The molecule has 13 heteroatoms. The van der Waals surface area contributed by atoms with Gasteiger partial charge in [-0.15, -0.1) is 0 Å². The molecule has 50 heavy (non-hydrogen) atoms. The van der Waals surface area contributed by atoms with Gasteiger partial charge in [-0.2, -0.15) is 13.2 Å². The van der Waals surface area contributed by atoms with Crippen LogP contribution in [0.15, 0.2) is 78.9 Å². The van der Waals surface area contributed by atoms with Crippen molar-refractivity contribution in [2.75, 3.05) is 12.4 Å². The third kappa shape index (κ3) is 5.95. The minimum Gasteiger partial charge on any atom is -0.497 e. The van der Waals surface area contributed by atoms with Crippen molar-refractivity contribution in [3.63, 3.8) is 0 Å². The van der Waals surface area contributed by atoms with Gasteiger partial charge in [-0.25, -0.2) is 18.6 Å². The Balaban J connectivity index is 1.47. The van der Waals surface area contributed by atoms with Gasteiger partial charge >= 0.3 is 6.18 Å². The molecule has 2 aliphatic rings. The van der Waals surface area contributed by atoms with Gasteiger partial charge < -0.3 is 20.1 Å². The van der Waals surface area contributed by atoms with E-state index in [2.05, 4.69) is 10.3 Å². The number of benzene rings is 4. The smallest absolute Gasteiger partial charge is 0.416 e. The number of aliphatic hydroxyl groups is 1. The van der Waals surface area contributed by atoms with Crippen molar-refractivity contribution < 1.29 is 41.4 Å². The lowest BCUT2D eigenvalue weighted by Crippen LogP contribution is -2.24. The zero-order valence-electron chi connectivity index (χ0n) is 26.0. The highest BCUT2D eigenvalue weighted by Gasteiger charge is 2.45. The summed E-state index contributed by atoms with van der Waals surface area (Å²) in [6.07, 6.45) is -4.00. The van der Waals surface area contributed by atoms with Crippen LogP contribution in [0, 0.1) is 11.6 Å². The molecule has 0 bridgehead atoms. The van der Waals surface area contributed by atoms with E-state index in [4.69, 9.17) is 16.3 Å². The molecular weight excluding hydrogens is 681 g/mol. The number of carbonyl (C=O) groups is 1. The Labute approximate surface area is 286 Å². The minimum absolute atomic E-state index is 0.00652. The van der Waals surface area contributed by atoms with Gasteiger partial charge in [0.1, 0.15) is 28.7 Å². The maximum absolute atomic E-state index is 14.9. The molecule has 1 aromatic heterocycles. The Morgan fingerprint density at radius 2 is 1.78 bits per heavy atom. The molecule has 254 valence electrons. The standard InChI is InChI=1S/C37H25ClF5N3O4/c1-50-24-5-2-19(3-6-24)17-46-30(18-47)32-25-7-9-31(36(49)10-11-36)44-28(25)16-29(33(32)34(46)26-15-22(39)4-8-27(26)38)45-35(48)20-12-21(37(41,42)43)14-23(40)13-20/h2-9,12-16,34,49H,10-11,17H2,1H3,(H,45,48). The first-order valence-electron chi connectivity index (χ1n) is 15.3. The van der Waals surface area contributed by atoms with Gasteiger partial charge in [0.25, 0.3) is 5.91 Å². The van der Waals surface area contributed by atoms with Gasteiger partial charge in [-0.3, -0.25) is 4.79 Å². The number of rotatable bonds is 7. The molecule has 1 aliphatic heterocycles. The second-order valence-electron chi connectivity index (χ2n) is 12.2. The van der Waals surface area contributed by atoms with E-state index >= 15 is 0 Å². The minimum atomic E-state index is -4.93. The number of hydrogen-bond donors (Lipinski definition) is 2. The Kier molecular flexibility index (Phi) is 8.13. The van der Waals surface area contributed by atoms with Crippen molar-refractivity contribution in [2.24, 2.45) is 0 Å². The van der Waals surface area contributed by atoms with Crippen LogP contribution >= 0.6 is 11.6 Å². The van der Waals surface area contributed by atoms with Gasteiger partial charge in [-0.1, -0.05) is 29.8 Å². The number of amides is 1. The maximum Gasteiger partial charge on any atom is 0.416 e. The summed E-state index contributed by atoms with van der Waals surface area (Å²) < 4.78 is 75.3. The lowest BCUT2D eigenvalue weighted by molar-refractivity contribution is -0.137. The van der Waals surface area contributed by atoms with Crippen LogP contribution in [0.1, 0.15) is 62.8 Å². The fourth-order valence-electron chi connectivity index (χ4n) is 6.33. The molecule has 1 fully saturated rings. The Hall–Kier alpha value is -5.29. The summed E-state index contributed by atoms with van der Waals surface area (Å²) in [5.41, 5.74) is -1.17. The van der Waals surface area contributed by atoms with Crippen molar-refractivity contribution >= 4 is 45.7 Å². The molecule has 1 unspecified atom stereocenters. The first kappa shape index (κ1) is 33.2. The molecule has 1 amide bonds. The van der Waals surface area contributed by atoms with Crippen molar-refractivity contribution in [2.45, 2.75) is 37.2 Å². The fraction of sp³-hybridized carbons (Fsp3) is 0.189. The monoisotopic (exact) mass is 705 g/mol. The second kappa shape index (κ2) is 12.2. The molecular formula is C37H25ClF5N3O4. The maximum atomic E-state index is 14.9. The van der Waals surface area contributed by atoms with Gasteiger partial charge in [0.15, 0.2) is 5.94 Å². The molecule has 1 aliphatic carbocycles. The van der Waals surface area contributed by atoms with Crippen LogP contribution in [0.2, 0.25) is 5.02 Å². The number of alkyl halides is 3. The molecule has 5 aromatic rings. The molecule has 0 spiro atoms. The van der Waals surface area contributed by atoms with Crippen LogP contribution < -0.4 is 10.1 Å². The summed E-state index contributed by atoms with van der Waals surface area (Å²) in [7, 11) is 1.51. The summed E-state index contributed by atoms with van der Waals surface area (Å²) in [4.78, 5) is 32.9. The van der Waals surface area contributed by atoms with E-state index < -0.39 is 46.5 Å². The topological polar surface area (TPSA) is 91.8 Å². The fourth-order valence-corrected chi connectivity index (χ4v) is 6.55. The SMILES string of the molecule is COc1ccc(CN2C(=C=O)c3c(c(NC(=O)c4cc(F)cc(C(F)(F)F)c4)cc4nc(C5(O)CC5)ccc34)C2c2cc(F)ccc2Cl)cc1. The third-order valence-electron chi connectivity index (χ3n) is 8.94. The van der Waals surface area contributed by atoms with E-state index in [9.17, 15) is 36.6 Å². The number of aromatic nitrogens is 1. The van der Waals surface area contributed by atoms with E-state index in [1.54, 1.807) is 41.3 Å². The van der Waals surface area contributed by atoms with E-state index in [0.29, 0.717) is 47.4 Å². The highest BCUT2D eigenvalue weighted by atomic mass is 35.5. The lowest BCUT2D eigenvalue weighted by atomic mass is 9.92. The Bertz CT molecular complexity index is 2250. The van der Waals surface area contributed by atoms with Crippen LogP contribution in [-0.2, 0) is 23.1 Å². The highest BCUT2D eigenvalue weighted by molar-refractivity contribution is 6.31. The van der Waals surface area contributed by atoms with Gasteiger partial charge in [-0.05, 0) is 79.1 Å². The summed E-state index contributed by atoms with van der Waals surface area (Å²) >= 11 is 6.68. The van der Waals surface area contributed by atoms with Crippen LogP contribution in [0.4, 0.5) is 27.6 Å². The normalized spacial score (nSPS) is 16.3. The molecule has 2 N–H and O–H groups in total. The van der Waals surface area contributed by atoms with Crippen LogP contribution in [-0.4, -0.2) is 33.9 Å². The van der Waals surface area contributed by atoms with Crippen LogP contribution in [0.3, 0.4) is 0 Å². The number of fused-ring (bicyclic) bond motifs is 3. The first-order chi connectivity index (χ1) is 23.8. The summed E-state index contributed by atoms with van der Waals surface area (Å²) in [5.74, 6) is -0.432. The number of pyridine rings is 1. The lowest BCUT2D eigenvalue weighted by Gasteiger charge is -2.29. The molecule has 1 atom stereocenters. The van der Waals surface area contributed by atoms with Crippen molar-refractivity contribution in [3.8, 4) is 5.75 Å². The van der Waals surface area contributed by atoms with E-state index in [1.165, 1.54) is 25.3 Å². The number of nitrogens with zero attached hydrogens (tertiary/aromatic N) is 2. The molecule has 4 aromatic carbocycles. The number of nitrogens with one attached hydrogen (secondary N) is 1. The molecule has 7 nitrogen and oxygen atoms in total. The number of ether oxygens (including phenoxy) is 1. The number of anilines is 1. The highest BCUT2D eigenvalue weighted by Crippen LogP contribution is 2.53. The molecule has 2 heterocycles. The Morgan fingerprint density at radius 1 is 1.04 bits per heavy atom. The number of halogens is 6. The largest absolute Gasteiger partial charge is 0.497 e. The van der Waals surface area contributed by atoms with Crippen molar-refractivity contribution in [3.05, 3.63) is 135 Å². The average molecular weight is 706 g/mol. The van der Waals surface area contributed by atoms with Gasteiger partial charge in [0.05, 0.1) is 29.9 Å². The summed E-state index contributed by atoms with van der Waals surface area (Å²) in [6.45, 7) is 0.0553. The predicted molar refractivity (Wildman–Crippen MR) is 175 cm³/mol. The van der Waals surface area contributed by atoms with E-state index in [0.717, 1.165) is 6.07 Å². The van der Waals surface area contributed by atoms with Crippen LogP contribution in [0.25, 0.3) is 16.6 Å². The summed E-state index contributed by atoms with van der Waals surface area (Å²) in [5, 5.41) is 14.0. The second-order valence-corrected chi connectivity index (χ2v) is 12.6. The quantitative estimate of drug-likeness (QED) is 0.131. The number of hydrogen-bond acceptors (Lipinski definition) is 6. The molecule has 0 saturated heterocycles. The predicted octanol–water partition coefficient (Wildman–Crippen LogP) is 8.21. The first-order valence-corrected chi connectivity index (χ1v) is 15.7. The van der Waals surface area contributed by atoms with Crippen LogP contribution in [0.5, 0.6) is 5.75 Å². The van der Waals surface area contributed by atoms with Gasteiger partial charge in [0, 0.05) is 44.9 Å². The molecule has 7 rings (SSSR count). The molecule has 0 radical (unpaired) electrons. The van der Waals surface area contributed by atoms with E-state index in [-0.39, 0.29) is 51.2 Å². The Morgan fingerprint density at radius 3 is 2.44 bits per heavy atom. The zero-order chi connectivity index (χ0) is 35.5. The summed E-state index contributed by atoms with van der Waals surface area (Å²) in [6, 6.07) is 15.8. The number of methoxy groups -OCH3 is 1.